The van der Waals surface area contributed by atoms with Crippen molar-refractivity contribution in [1.29, 1.82) is 0 Å². The van der Waals surface area contributed by atoms with Crippen LogP contribution in [-0.4, -0.2) is 12.1 Å². The van der Waals surface area contributed by atoms with Gasteiger partial charge < -0.3 is 10.6 Å². The molecule has 0 aliphatic rings. The average Bonchev–Trinajstić information content (AvgIpc) is 2.31. The predicted octanol–water partition coefficient (Wildman–Crippen LogP) is 3.56. The van der Waals surface area contributed by atoms with Crippen molar-refractivity contribution in [3.8, 4) is 0 Å². The van der Waals surface area contributed by atoms with E-state index in [9.17, 15) is 0 Å². The predicted molar refractivity (Wildman–Crippen MR) is 76.3 cm³/mol. The van der Waals surface area contributed by atoms with Crippen molar-refractivity contribution in [3.63, 3.8) is 0 Å². The molecule has 0 fully saturated rings. The highest BCUT2D eigenvalue weighted by atomic mass is 14.9. The Morgan fingerprint density at radius 2 is 2.00 bits per heavy atom. The third kappa shape index (κ3) is 4.61. The van der Waals surface area contributed by atoms with E-state index in [1.165, 1.54) is 5.56 Å². The number of hydrogen-bond donors (Lipinski definition) is 2. The largest absolute Gasteiger partial charge is 0.362 e. The summed E-state index contributed by atoms with van der Waals surface area (Å²) in [7, 11) is 0. The first-order valence-corrected chi connectivity index (χ1v) is 6.29. The molecule has 94 valence electrons. The lowest BCUT2D eigenvalue weighted by molar-refractivity contribution is 0.379. The third-order valence-corrected chi connectivity index (χ3v) is 3.16. The molecule has 0 amide bonds. The van der Waals surface area contributed by atoms with Gasteiger partial charge in [-0.1, -0.05) is 31.7 Å². The van der Waals surface area contributed by atoms with Crippen LogP contribution in [0.5, 0.6) is 0 Å². The number of anilines is 1. The summed E-state index contributed by atoms with van der Waals surface area (Å²) in [4.78, 5) is 0. The number of para-hydroxylation sites is 1. The molecule has 0 spiro atoms. The molecule has 0 atom stereocenters. The Morgan fingerprint density at radius 1 is 1.29 bits per heavy atom. The second-order valence-electron chi connectivity index (χ2n) is 4.92. The number of hydrogen-bond acceptors (Lipinski definition) is 2. The van der Waals surface area contributed by atoms with Crippen molar-refractivity contribution < 1.29 is 0 Å². The van der Waals surface area contributed by atoms with Crippen molar-refractivity contribution in [1.82, 2.24) is 5.32 Å². The summed E-state index contributed by atoms with van der Waals surface area (Å²) in [6.07, 6.45) is 3.89. The Bertz CT molecular complexity index is 356. The molecule has 0 aromatic heterocycles. The van der Waals surface area contributed by atoms with Crippen LogP contribution >= 0.6 is 0 Å². The minimum atomic E-state index is 0.223. The average molecular weight is 232 g/mol. The fourth-order valence-electron chi connectivity index (χ4n) is 1.65. The van der Waals surface area contributed by atoms with Gasteiger partial charge in [-0.05, 0) is 51.1 Å². The number of rotatable bonds is 7. The van der Waals surface area contributed by atoms with Crippen LogP contribution in [0.25, 0.3) is 0 Å². The van der Waals surface area contributed by atoms with E-state index in [2.05, 4.69) is 56.2 Å². The monoisotopic (exact) mass is 232 g/mol. The number of benzene rings is 1. The van der Waals surface area contributed by atoms with Gasteiger partial charge in [0.15, 0.2) is 0 Å². The molecule has 0 heterocycles. The van der Waals surface area contributed by atoms with Crippen molar-refractivity contribution >= 4 is 5.69 Å². The molecule has 2 N–H and O–H groups in total. The normalized spacial score (nSPS) is 11.2. The van der Waals surface area contributed by atoms with Gasteiger partial charge in [0, 0.05) is 11.2 Å². The molecule has 1 rings (SSSR count). The highest BCUT2D eigenvalue weighted by Gasteiger charge is 2.13. The second-order valence-corrected chi connectivity index (χ2v) is 4.92. The molecule has 0 unspecified atom stereocenters. The van der Waals surface area contributed by atoms with Gasteiger partial charge in [0.2, 0.25) is 0 Å². The minimum Gasteiger partial charge on any atom is -0.362 e. The summed E-state index contributed by atoms with van der Waals surface area (Å²) in [6.45, 7) is 11.4. The molecule has 1 aromatic rings. The molecule has 0 radical (unpaired) electrons. The molecule has 2 heteroatoms. The van der Waals surface area contributed by atoms with Crippen molar-refractivity contribution in [2.75, 3.05) is 11.9 Å². The highest BCUT2D eigenvalue weighted by Crippen LogP contribution is 2.15. The van der Waals surface area contributed by atoms with Gasteiger partial charge in [0.25, 0.3) is 0 Å². The molecule has 0 saturated carbocycles. The van der Waals surface area contributed by atoms with Crippen LogP contribution in [0.2, 0.25) is 0 Å². The fourth-order valence-corrected chi connectivity index (χ4v) is 1.65. The van der Waals surface area contributed by atoms with Crippen molar-refractivity contribution in [3.05, 3.63) is 42.6 Å². The Morgan fingerprint density at radius 3 is 2.65 bits per heavy atom. The fraction of sp³-hybridized carbons (Fsp3) is 0.467. The molecule has 17 heavy (non-hydrogen) atoms. The zero-order valence-electron chi connectivity index (χ0n) is 11.2. The lowest BCUT2D eigenvalue weighted by atomic mass is 10.0. The summed E-state index contributed by atoms with van der Waals surface area (Å²) in [6, 6.07) is 8.36. The maximum absolute atomic E-state index is 3.70. The first kappa shape index (κ1) is 13.8. The molecule has 0 saturated heterocycles. The van der Waals surface area contributed by atoms with E-state index in [4.69, 9.17) is 0 Å². The molecule has 2 nitrogen and oxygen atoms in total. The topological polar surface area (TPSA) is 24.1 Å². The van der Waals surface area contributed by atoms with E-state index in [1.54, 1.807) is 6.20 Å². The quantitative estimate of drug-likeness (QED) is 0.751. The third-order valence-electron chi connectivity index (χ3n) is 3.16. The van der Waals surface area contributed by atoms with Crippen LogP contribution < -0.4 is 10.6 Å². The van der Waals surface area contributed by atoms with Gasteiger partial charge in [-0.2, -0.15) is 0 Å². The van der Waals surface area contributed by atoms with Gasteiger partial charge in [-0.25, -0.2) is 0 Å². The van der Waals surface area contributed by atoms with Crippen molar-refractivity contribution in [2.45, 2.75) is 39.2 Å². The van der Waals surface area contributed by atoms with Gasteiger partial charge in [-0.15, -0.1) is 0 Å². The molecule has 0 aliphatic heterocycles. The first-order valence-electron chi connectivity index (χ1n) is 6.29. The standard InChI is InChI=1S/C15H24N2/c1-5-15(3,4)17-12-11-13-9-7-8-10-14(13)16-6-2/h6-10,16-17H,2,5,11-12H2,1,3-4H3. The maximum Gasteiger partial charge on any atom is 0.0412 e. The Balaban J connectivity index is 2.54. The summed E-state index contributed by atoms with van der Waals surface area (Å²) in [5.41, 5.74) is 2.70. The van der Waals surface area contributed by atoms with Gasteiger partial charge in [0.1, 0.15) is 0 Å². The Hall–Kier alpha value is -1.28. The van der Waals surface area contributed by atoms with Gasteiger partial charge >= 0.3 is 0 Å². The van der Waals surface area contributed by atoms with E-state index in [-0.39, 0.29) is 5.54 Å². The van der Waals surface area contributed by atoms with Crippen LogP contribution in [0.15, 0.2) is 37.0 Å². The second kappa shape index (κ2) is 6.45. The van der Waals surface area contributed by atoms with E-state index >= 15 is 0 Å². The molecule has 1 aromatic carbocycles. The summed E-state index contributed by atoms with van der Waals surface area (Å²) in [5, 5.41) is 6.75. The SMILES string of the molecule is C=CNc1ccccc1CCNC(C)(C)CC. The summed E-state index contributed by atoms with van der Waals surface area (Å²) < 4.78 is 0. The lowest BCUT2D eigenvalue weighted by Crippen LogP contribution is -2.39. The molecular weight excluding hydrogens is 208 g/mol. The molecular formula is C15H24N2. The van der Waals surface area contributed by atoms with Crippen LogP contribution in [0.1, 0.15) is 32.8 Å². The smallest absolute Gasteiger partial charge is 0.0412 e. The molecule has 0 bridgehead atoms. The van der Waals surface area contributed by atoms with E-state index in [1.807, 2.05) is 6.07 Å². The van der Waals surface area contributed by atoms with E-state index in [0.29, 0.717) is 0 Å². The van der Waals surface area contributed by atoms with Gasteiger partial charge in [0.05, 0.1) is 0 Å². The Kier molecular flexibility index (Phi) is 5.23. The summed E-state index contributed by atoms with van der Waals surface area (Å²) >= 11 is 0. The van der Waals surface area contributed by atoms with Gasteiger partial charge in [-0.3, -0.25) is 0 Å². The van der Waals surface area contributed by atoms with E-state index < -0.39 is 0 Å². The van der Waals surface area contributed by atoms with Crippen LogP contribution in [0.4, 0.5) is 5.69 Å². The zero-order chi connectivity index (χ0) is 12.7. The Labute approximate surface area is 105 Å². The first-order chi connectivity index (χ1) is 8.09. The van der Waals surface area contributed by atoms with Crippen LogP contribution in [-0.2, 0) is 6.42 Å². The van der Waals surface area contributed by atoms with Crippen LogP contribution in [0, 0.1) is 0 Å². The molecule has 0 aliphatic carbocycles. The minimum absolute atomic E-state index is 0.223. The number of nitrogens with one attached hydrogen (secondary N) is 2. The van der Waals surface area contributed by atoms with E-state index in [0.717, 1.165) is 25.1 Å². The zero-order valence-corrected chi connectivity index (χ0v) is 11.2. The van der Waals surface area contributed by atoms with Crippen molar-refractivity contribution in [2.24, 2.45) is 0 Å². The highest BCUT2D eigenvalue weighted by molar-refractivity contribution is 5.52. The summed E-state index contributed by atoms with van der Waals surface area (Å²) in [5.74, 6) is 0. The maximum atomic E-state index is 3.70. The van der Waals surface area contributed by atoms with Crippen LogP contribution in [0.3, 0.4) is 0 Å². The lowest BCUT2D eigenvalue weighted by Gasteiger charge is -2.24.